The average Bonchev–Trinajstić information content (AvgIpc) is 2.94. The van der Waals surface area contributed by atoms with Gasteiger partial charge >= 0.3 is 6.09 Å². The summed E-state index contributed by atoms with van der Waals surface area (Å²) in [5, 5.41) is 0. The highest BCUT2D eigenvalue weighted by Crippen LogP contribution is 2.36. The van der Waals surface area contributed by atoms with Crippen LogP contribution in [0.4, 0.5) is 10.5 Å². The van der Waals surface area contributed by atoms with Gasteiger partial charge in [0, 0.05) is 49.2 Å². The van der Waals surface area contributed by atoms with Gasteiger partial charge in [-0.15, -0.1) is 0 Å². The Morgan fingerprint density at radius 2 is 1.75 bits per heavy atom. The van der Waals surface area contributed by atoms with Gasteiger partial charge in [-0.1, -0.05) is 6.07 Å². The van der Waals surface area contributed by atoms with Crippen LogP contribution in [0.5, 0.6) is 17.2 Å². The van der Waals surface area contributed by atoms with E-state index >= 15 is 0 Å². The normalized spacial score (nSPS) is 14.0. The second-order valence-corrected chi connectivity index (χ2v) is 11.1. The second kappa shape index (κ2) is 12.5. The summed E-state index contributed by atoms with van der Waals surface area (Å²) in [6.45, 7) is 9.67. The van der Waals surface area contributed by atoms with Gasteiger partial charge in [0.15, 0.2) is 11.5 Å². The number of hydrogen-bond acceptors (Lipinski definition) is 7. The van der Waals surface area contributed by atoms with E-state index in [1.54, 1.807) is 21.3 Å². The van der Waals surface area contributed by atoms with Gasteiger partial charge in [0.1, 0.15) is 11.4 Å². The van der Waals surface area contributed by atoms with E-state index in [2.05, 4.69) is 40.2 Å². The Hall–Kier alpha value is -3.94. The summed E-state index contributed by atoms with van der Waals surface area (Å²) >= 11 is 0. The first-order chi connectivity index (χ1) is 19.1. The number of methoxy groups -OCH3 is 3. The molecule has 0 saturated carbocycles. The molecule has 2 aromatic carbocycles. The van der Waals surface area contributed by atoms with Crippen molar-refractivity contribution in [3.63, 3.8) is 0 Å². The summed E-state index contributed by atoms with van der Waals surface area (Å²) in [4.78, 5) is 21.6. The Morgan fingerprint density at radius 3 is 2.40 bits per heavy atom. The fourth-order valence-electron chi connectivity index (χ4n) is 5.14. The van der Waals surface area contributed by atoms with Crippen molar-refractivity contribution >= 4 is 11.8 Å². The lowest BCUT2D eigenvalue weighted by atomic mass is 10.0. The quantitative estimate of drug-likeness (QED) is 0.319. The first-order valence-electron chi connectivity index (χ1n) is 13.7. The van der Waals surface area contributed by atoms with Crippen LogP contribution in [0.15, 0.2) is 54.7 Å². The van der Waals surface area contributed by atoms with Crippen LogP contribution < -0.4 is 19.1 Å². The Labute approximate surface area is 237 Å². The molecule has 8 nitrogen and oxygen atoms in total. The molecule has 1 aromatic heterocycles. The number of piperidine rings is 1. The van der Waals surface area contributed by atoms with E-state index in [1.165, 1.54) is 0 Å². The number of benzene rings is 2. The topological polar surface area (TPSA) is 73.4 Å². The van der Waals surface area contributed by atoms with E-state index in [9.17, 15) is 4.79 Å². The van der Waals surface area contributed by atoms with Crippen molar-refractivity contribution in [1.82, 2.24) is 9.88 Å². The first-order valence-corrected chi connectivity index (χ1v) is 13.7. The van der Waals surface area contributed by atoms with Gasteiger partial charge < -0.3 is 28.7 Å². The van der Waals surface area contributed by atoms with Crippen LogP contribution in [0.25, 0.3) is 11.3 Å². The number of hydrogen-bond donors (Lipinski definition) is 0. The molecular formula is C32H41N3O5. The zero-order valence-electron chi connectivity index (χ0n) is 24.7. The molecule has 0 bridgehead atoms. The van der Waals surface area contributed by atoms with Crippen molar-refractivity contribution in [3.05, 3.63) is 65.9 Å². The molecule has 8 heteroatoms. The van der Waals surface area contributed by atoms with Crippen LogP contribution >= 0.6 is 0 Å². The Kier molecular flexibility index (Phi) is 9.07. The minimum atomic E-state index is -0.508. The van der Waals surface area contributed by atoms with Crippen LogP contribution in [0.2, 0.25) is 0 Å². The molecule has 1 amide bonds. The molecular weight excluding hydrogens is 506 g/mol. The fourth-order valence-corrected chi connectivity index (χ4v) is 5.14. The molecule has 3 aromatic rings. The monoisotopic (exact) mass is 547 g/mol. The molecule has 214 valence electrons. The maximum Gasteiger partial charge on any atom is 0.410 e. The van der Waals surface area contributed by atoms with Crippen LogP contribution in [0.3, 0.4) is 0 Å². The van der Waals surface area contributed by atoms with Gasteiger partial charge in [-0.05, 0) is 88.1 Å². The summed E-state index contributed by atoms with van der Waals surface area (Å²) < 4.78 is 22.2. The number of anilines is 1. The predicted molar refractivity (Wildman–Crippen MR) is 158 cm³/mol. The number of pyridine rings is 1. The molecule has 1 saturated heterocycles. The Morgan fingerprint density at radius 1 is 1.00 bits per heavy atom. The predicted octanol–water partition coefficient (Wildman–Crippen LogP) is 6.49. The summed E-state index contributed by atoms with van der Waals surface area (Å²) in [5.74, 6) is 2.22. The van der Waals surface area contributed by atoms with Crippen LogP contribution in [-0.2, 0) is 11.3 Å². The average molecular weight is 548 g/mol. The molecule has 4 rings (SSSR count). The van der Waals surface area contributed by atoms with Gasteiger partial charge in [0.25, 0.3) is 0 Å². The Bertz CT molecular complexity index is 1310. The number of carbonyl (C=O) groups is 1. The molecule has 0 spiro atoms. The van der Waals surface area contributed by atoms with Crippen molar-refractivity contribution in [2.24, 2.45) is 0 Å². The number of likely N-dealkylation sites (tertiary alicyclic amines) is 1. The lowest BCUT2D eigenvalue weighted by Crippen LogP contribution is -2.48. The Balaban J connectivity index is 1.60. The van der Waals surface area contributed by atoms with Crippen LogP contribution in [-0.4, -0.2) is 62.0 Å². The van der Waals surface area contributed by atoms with Crippen molar-refractivity contribution in [2.75, 3.05) is 39.3 Å². The highest BCUT2D eigenvalue weighted by atomic mass is 16.6. The van der Waals surface area contributed by atoms with E-state index in [-0.39, 0.29) is 12.1 Å². The number of nitrogens with zero attached hydrogens (tertiary/aromatic N) is 3. The lowest BCUT2D eigenvalue weighted by Gasteiger charge is -2.40. The van der Waals surface area contributed by atoms with Crippen LogP contribution in [0.1, 0.15) is 44.7 Å². The summed E-state index contributed by atoms with van der Waals surface area (Å²) in [6.07, 6.45) is 3.28. The highest BCUT2D eigenvalue weighted by Gasteiger charge is 2.30. The van der Waals surface area contributed by atoms with Gasteiger partial charge in [0.05, 0.1) is 27.0 Å². The first kappa shape index (κ1) is 29.1. The largest absolute Gasteiger partial charge is 0.497 e. The molecule has 0 radical (unpaired) electrons. The molecule has 0 N–H and O–H groups in total. The number of aryl methyl sites for hydroxylation is 1. The van der Waals surface area contributed by atoms with E-state index in [0.717, 1.165) is 52.4 Å². The van der Waals surface area contributed by atoms with Gasteiger partial charge in [-0.3, -0.25) is 4.98 Å². The highest BCUT2D eigenvalue weighted by molar-refractivity contribution is 5.68. The van der Waals surface area contributed by atoms with Crippen molar-refractivity contribution in [1.29, 1.82) is 0 Å². The zero-order valence-corrected chi connectivity index (χ0v) is 24.7. The van der Waals surface area contributed by atoms with Gasteiger partial charge in [0.2, 0.25) is 0 Å². The third-order valence-corrected chi connectivity index (χ3v) is 7.08. The van der Waals surface area contributed by atoms with E-state index in [0.29, 0.717) is 25.4 Å². The molecule has 0 aliphatic carbocycles. The number of rotatable bonds is 8. The third kappa shape index (κ3) is 6.97. The van der Waals surface area contributed by atoms with Gasteiger partial charge in [-0.2, -0.15) is 0 Å². The molecule has 2 heterocycles. The maximum atomic E-state index is 12.7. The standard InChI is InChI=1S/C32H41N3O5/c1-22-17-24(19-29(38-6)30(22)39-7)28-18-23(11-14-33-28)21-35(26-9-8-10-27(20-26)37-5)25-12-15-34(16-13-25)31(36)40-32(2,3)4/h8-11,14,17-20,25H,12-13,15-16,21H2,1-7H3. The summed E-state index contributed by atoms with van der Waals surface area (Å²) in [5.41, 5.74) is 4.53. The molecule has 1 fully saturated rings. The second-order valence-electron chi connectivity index (χ2n) is 11.1. The number of amides is 1. The fraction of sp³-hybridized carbons (Fsp3) is 0.438. The third-order valence-electron chi connectivity index (χ3n) is 7.08. The zero-order chi connectivity index (χ0) is 28.9. The minimum absolute atomic E-state index is 0.241. The van der Waals surface area contributed by atoms with Crippen molar-refractivity contribution in [2.45, 2.75) is 58.7 Å². The summed E-state index contributed by atoms with van der Waals surface area (Å²) in [6, 6.07) is 16.6. The van der Waals surface area contributed by atoms with E-state index < -0.39 is 5.60 Å². The van der Waals surface area contributed by atoms with Gasteiger partial charge in [-0.25, -0.2) is 4.79 Å². The molecule has 1 aliphatic rings. The smallest absolute Gasteiger partial charge is 0.410 e. The molecule has 0 unspecified atom stereocenters. The van der Waals surface area contributed by atoms with Crippen LogP contribution in [0, 0.1) is 6.92 Å². The van der Waals surface area contributed by atoms with Crippen molar-refractivity contribution in [3.8, 4) is 28.5 Å². The molecule has 1 aliphatic heterocycles. The van der Waals surface area contributed by atoms with Crippen molar-refractivity contribution < 1.29 is 23.7 Å². The maximum absolute atomic E-state index is 12.7. The molecule has 40 heavy (non-hydrogen) atoms. The SMILES string of the molecule is COc1cccc(N(Cc2ccnc(-c3cc(C)c(OC)c(OC)c3)c2)C2CCN(C(=O)OC(C)(C)C)CC2)c1. The van der Waals surface area contributed by atoms with E-state index in [4.69, 9.17) is 18.9 Å². The number of carbonyl (C=O) groups excluding carboxylic acids is 1. The number of aromatic nitrogens is 1. The lowest BCUT2D eigenvalue weighted by molar-refractivity contribution is 0.0204. The molecule has 0 atom stereocenters. The minimum Gasteiger partial charge on any atom is -0.497 e. The summed E-state index contributed by atoms with van der Waals surface area (Å²) in [7, 11) is 4.97. The number of ether oxygens (including phenoxy) is 4. The van der Waals surface area contributed by atoms with E-state index in [1.807, 2.05) is 57.0 Å².